The van der Waals surface area contributed by atoms with Gasteiger partial charge in [0, 0.05) is 61.6 Å². The number of nitrogens with one attached hydrogen (secondary N) is 2. The number of likely N-dealkylation sites (tertiary alicyclic amines) is 1. The topological polar surface area (TPSA) is 101 Å². The number of aromatic nitrogens is 3. The number of aryl methyl sites for hydroxylation is 1. The van der Waals surface area contributed by atoms with Crippen LogP contribution in [0.2, 0.25) is 0 Å². The van der Waals surface area contributed by atoms with Crippen molar-refractivity contribution in [1.82, 2.24) is 24.8 Å². The molecule has 9 heteroatoms. The minimum atomic E-state index is -0.0304. The molecule has 1 saturated carbocycles. The Labute approximate surface area is 209 Å². The molecule has 3 aliphatic rings. The lowest BCUT2D eigenvalue weighted by Gasteiger charge is -2.26. The summed E-state index contributed by atoms with van der Waals surface area (Å²) in [4.78, 5) is 37.6. The van der Waals surface area contributed by atoms with Crippen LogP contribution >= 0.6 is 0 Å². The van der Waals surface area contributed by atoms with Crippen LogP contribution in [0.5, 0.6) is 0 Å². The average molecular weight is 489 g/mol. The Kier molecular flexibility index (Phi) is 6.08. The smallest absolute Gasteiger partial charge is 0.317 e. The van der Waals surface area contributed by atoms with Gasteiger partial charge < -0.3 is 20.3 Å². The predicted octanol–water partition coefficient (Wildman–Crippen LogP) is 3.48. The van der Waals surface area contributed by atoms with E-state index in [0.717, 1.165) is 48.6 Å². The number of ether oxygens (including phenoxy) is 1. The highest BCUT2D eigenvalue weighted by molar-refractivity contribution is 5.82. The molecule has 1 aromatic carbocycles. The third-order valence-corrected chi connectivity index (χ3v) is 7.48. The molecule has 2 amide bonds. The van der Waals surface area contributed by atoms with Crippen LogP contribution in [0.25, 0.3) is 22.2 Å². The quantitative estimate of drug-likeness (QED) is 0.570. The molecule has 1 unspecified atom stereocenters. The highest BCUT2D eigenvalue weighted by atomic mass is 16.5. The summed E-state index contributed by atoms with van der Waals surface area (Å²) in [5.74, 6) is 0.487. The Morgan fingerprint density at radius 3 is 2.64 bits per heavy atom. The number of benzene rings is 1. The van der Waals surface area contributed by atoms with Crippen LogP contribution in [0.1, 0.15) is 43.7 Å². The average Bonchev–Trinajstić information content (AvgIpc) is 3.58. The van der Waals surface area contributed by atoms with Crippen molar-refractivity contribution in [2.75, 3.05) is 31.6 Å². The van der Waals surface area contributed by atoms with E-state index in [1.807, 2.05) is 46.7 Å². The maximum Gasteiger partial charge on any atom is 0.317 e. The van der Waals surface area contributed by atoms with Crippen LogP contribution in [-0.2, 0) is 4.74 Å². The van der Waals surface area contributed by atoms with Gasteiger partial charge in [-0.25, -0.2) is 9.78 Å². The number of pyridine rings is 1. The van der Waals surface area contributed by atoms with Gasteiger partial charge >= 0.3 is 6.03 Å². The molecule has 0 radical (unpaired) electrons. The molecule has 1 aliphatic carbocycles. The van der Waals surface area contributed by atoms with E-state index in [9.17, 15) is 9.59 Å². The molecule has 2 saturated heterocycles. The lowest BCUT2D eigenvalue weighted by molar-refractivity contribution is 0.0697. The number of amides is 2. The lowest BCUT2D eigenvalue weighted by atomic mass is 10.00. The van der Waals surface area contributed by atoms with Crippen LogP contribution in [0.4, 0.5) is 10.7 Å². The zero-order valence-corrected chi connectivity index (χ0v) is 20.6. The van der Waals surface area contributed by atoms with Gasteiger partial charge in [0.1, 0.15) is 5.65 Å². The molecule has 3 fully saturated rings. The van der Waals surface area contributed by atoms with Crippen molar-refractivity contribution in [2.45, 2.75) is 57.2 Å². The van der Waals surface area contributed by atoms with E-state index in [4.69, 9.17) is 9.72 Å². The Hall–Kier alpha value is -3.46. The van der Waals surface area contributed by atoms with E-state index < -0.39 is 0 Å². The summed E-state index contributed by atoms with van der Waals surface area (Å²) in [6.45, 7) is 4.60. The number of anilines is 1. The van der Waals surface area contributed by atoms with E-state index in [2.05, 4.69) is 15.6 Å². The van der Waals surface area contributed by atoms with E-state index in [1.165, 1.54) is 0 Å². The summed E-state index contributed by atoms with van der Waals surface area (Å²) >= 11 is 0. The van der Waals surface area contributed by atoms with Crippen LogP contribution < -0.4 is 16.2 Å². The second kappa shape index (κ2) is 9.54. The van der Waals surface area contributed by atoms with Crippen molar-refractivity contribution in [2.24, 2.45) is 0 Å². The number of fused-ring (bicyclic) bond motifs is 1. The molecule has 2 aromatic heterocycles. The van der Waals surface area contributed by atoms with Crippen LogP contribution in [0, 0.1) is 6.92 Å². The van der Waals surface area contributed by atoms with Crippen LogP contribution in [-0.4, -0.2) is 63.9 Å². The van der Waals surface area contributed by atoms with E-state index in [1.54, 1.807) is 6.20 Å². The van der Waals surface area contributed by atoms with Crippen molar-refractivity contribution in [3.8, 4) is 11.1 Å². The number of nitrogens with zero attached hydrogens (tertiary/aromatic N) is 4. The highest BCUT2D eigenvalue weighted by Crippen LogP contribution is 2.28. The van der Waals surface area contributed by atoms with Gasteiger partial charge in [-0.3, -0.25) is 9.36 Å². The molecular weight excluding hydrogens is 456 g/mol. The molecule has 9 nitrogen and oxygen atoms in total. The first kappa shape index (κ1) is 23.0. The van der Waals surface area contributed by atoms with Gasteiger partial charge in [-0.15, -0.1) is 0 Å². The summed E-state index contributed by atoms with van der Waals surface area (Å²) in [7, 11) is 0. The zero-order chi connectivity index (χ0) is 24.6. The minimum Gasteiger partial charge on any atom is -0.381 e. The molecule has 3 aromatic rings. The van der Waals surface area contributed by atoms with Crippen LogP contribution in [0.15, 0.2) is 41.3 Å². The zero-order valence-electron chi connectivity index (χ0n) is 20.6. The van der Waals surface area contributed by atoms with Gasteiger partial charge in [0.25, 0.3) is 5.56 Å². The highest BCUT2D eigenvalue weighted by Gasteiger charge is 2.31. The Morgan fingerprint density at radius 2 is 1.86 bits per heavy atom. The van der Waals surface area contributed by atoms with Gasteiger partial charge in [0.2, 0.25) is 5.95 Å². The van der Waals surface area contributed by atoms with E-state index in [0.29, 0.717) is 49.5 Å². The molecule has 2 aliphatic heterocycles. The number of carbonyl (C=O) groups excluding carboxylic acids is 1. The SMILES string of the molecule is Cc1ccccc1-c1cc2cnc(NC3CCN(C(=O)NC4CC4)C3)nc2n(C2CCOCC2)c1=O. The van der Waals surface area contributed by atoms with Gasteiger partial charge in [0.15, 0.2) is 0 Å². The van der Waals surface area contributed by atoms with Crippen molar-refractivity contribution in [1.29, 1.82) is 0 Å². The standard InChI is InChI=1S/C27H32N6O3/c1-17-4-2-3-5-22(17)23-14-18-15-28-26(29-20-8-11-32(16-20)27(35)30-19-6-7-19)31-24(18)33(25(23)34)21-9-12-36-13-10-21/h2-5,14-15,19-21H,6-13,16H2,1H3,(H,30,35)(H,28,29,31). The third-order valence-electron chi connectivity index (χ3n) is 7.48. The third kappa shape index (κ3) is 4.55. The van der Waals surface area contributed by atoms with Gasteiger partial charge in [-0.1, -0.05) is 24.3 Å². The molecule has 1 atom stereocenters. The Balaban J connectivity index is 1.33. The summed E-state index contributed by atoms with van der Waals surface area (Å²) in [5.41, 5.74) is 3.27. The van der Waals surface area contributed by atoms with Gasteiger partial charge in [0.05, 0.1) is 0 Å². The van der Waals surface area contributed by atoms with Crippen LogP contribution in [0.3, 0.4) is 0 Å². The largest absolute Gasteiger partial charge is 0.381 e. The second-order valence-corrected chi connectivity index (χ2v) is 10.2. The fourth-order valence-electron chi connectivity index (χ4n) is 5.28. The summed E-state index contributed by atoms with van der Waals surface area (Å²) in [6, 6.07) is 10.3. The van der Waals surface area contributed by atoms with Crippen molar-refractivity contribution >= 4 is 23.0 Å². The second-order valence-electron chi connectivity index (χ2n) is 10.2. The first-order chi connectivity index (χ1) is 17.6. The monoisotopic (exact) mass is 488 g/mol. The molecule has 0 spiro atoms. The summed E-state index contributed by atoms with van der Waals surface area (Å²) < 4.78 is 7.44. The molecule has 36 heavy (non-hydrogen) atoms. The fourth-order valence-corrected chi connectivity index (χ4v) is 5.28. The first-order valence-corrected chi connectivity index (χ1v) is 12.9. The van der Waals surface area contributed by atoms with E-state index in [-0.39, 0.29) is 23.7 Å². The maximum atomic E-state index is 13.9. The van der Waals surface area contributed by atoms with Gasteiger partial charge in [-0.2, -0.15) is 4.98 Å². The Bertz CT molecular complexity index is 1350. The molecular formula is C27H32N6O3. The molecule has 2 N–H and O–H groups in total. The fraction of sp³-hybridized carbons (Fsp3) is 0.481. The normalized spacial score (nSPS) is 20.6. The molecule has 188 valence electrons. The molecule has 6 rings (SSSR count). The summed E-state index contributed by atoms with van der Waals surface area (Å²) in [6.07, 6.45) is 6.32. The first-order valence-electron chi connectivity index (χ1n) is 12.9. The number of urea groups is 1. The molecule has 4 heterocycles. The maximum absolute atomic E-state index is 13.9. The summed E-state index contributed by atoms with van der Waals surface area (Å²) in [5, 5.41) is 7.30. The predicted molar refractivity (Wildman–Crippen MR) is 138 cm³/mol. The molecule has 0 bridgehead atoms. The van der Waals surface area contributed by atoms with Crippen molar-refractivity contribution in [3.05, 3.63) is 52.4 Å². The minimum absolute atomic E-state index is 0.0123. The van der Waals surface area contributed by atoms with Crippen molar-refractivity contribution < 1.29 is 9.53 Å². The number of rotatable bonds is 5. The number of hydrogen-bond acceptors (Lipinski definition) is 6. The number of hydrogen-bond donors (Lipinski definition) is 2. The van der Waals surface area contributed by atoms with E-state index >= 15 is 0 Å². The van der Waals surface area contributed by atoms with Gasteiger partial charge in [-0.05, 0) is 56.2 Å². The number of carbonyl (C=O) groups is 1. The van der Waals surface area contributed by atoms with Crippen molar-refractivity contribution in [3.63, 3.8) is 0 Å². The Morgan fingerprint density at radius 1 is 1.06 bits per heavy atom. The lowest BCUT2D eigenvalue weighted by Crippen LogP contribution is -2.40.